The quantitative estimate of drug-likeness (QED) is 0.557. The minimum Gasteiger partial charge on any atom is -0.298 e. The second-order valence-corrected chi connectivity index (χ2v) is 2.86. The average molecular weight is 175 g/mol. The minimum absolute atomic E-state index is 0.942. The molecular formula is C6H7BrO. The average Bonchev–Trinajstić information content (AvgIpc) is 2.14. The summed E-state index contributed by atoms with van der Waals surface area (Å²) in [5.41, 5.74) is 0.949. The fourth-order valence-electron chi connectivity index (χ4n) is 0.853. The highest BCUT2D eigenvalue weighted by Crippen LogP contribution is 2.28. The zero-order chi connectivity index (χ0) is 5.98. The van der Waals surface area contributed by atoms with E-state index in [2.05, 4.69) is 15.9 Å². The smallest absolute Gasteiger partial charge is 0.146 e. The van der Waals surface area contributed by atoms with Crippen molar-refractivity contribution in [2.75, 3.05) is 0 Å². The highest BCUT2D eigenvalue weighted by atomic mass is 79.9. The molecule has 0 heterocycles. The van der Waals surface area contributed by atoms with Gasteiger partial charge < -0.3 is 0 Å². The molecule has 0 spiro atoms. The molecule has 0 saturated carbocycles. The van der Waals surface area contributed by atoms with Crippen LogP contribution in [0.3, 0.4) is 0 Å². The second-order valence-electron chi connectivity index (χ2n) is 1.90. The van der Waals surface area contributed by atoms with Gasteiger partial charge in [0.2, 0.25) is 0 Å². The van der Waals surface area contributed by atoms with E-state index in [0.717, 1.165) is 35.6 Å². The largest absolute Gasteiger partial charge is 0.298 e. The van der Waals surface area contributed by atoms with Crippen molar-refractivity contribution in [1.82, 2.24) is 0 Å². The summed E-state index contributed by atoms with van der Waals surface area (Å²) in [6.45, 7) is 0. The summed E-state index contributed by atoms with van der Waals surface area (Å²) >= 11 is 3.31. The van der Waals surface area contributed by atoms with Crippen molar-refractivity contribution in [2.24, 2.45) is 0 Å². The lowest BCUT2D eigenvalue weighted by atomic mass is 10.3. The molecule has 0 aromatic heterocycles. The Kier molecular flexibility index (Phi) is 1.84. The van der Waals surface area contributed by atoms with Crippen LogP contribution in [0.5, 0.6) is 0 Å². The van der Waals surface area contributed by atoms with E-state index in [1.54, 1.807) is 0 Å². The Bertz CT molecular complexity index is 137. The van der Waals surface area contributed by atoms with Gasteiger partial charge in [0.05, 0.1) is 0 Å². The van der Waals surface area contributed by atoms with E-state index in [9.17, 15) is 4.79 Å². The van der Waals surface area contributed by atoms with Crippen molar-refractivity contribution >= 4 is 22.2 Å². The Morgan fingerprint density at radius 2 is 2.25 bits per heavy atom. The minimum atomic E-state index is 0.942. The third kappa shape index (κ3) is 0.996. The zero-order valence-electron chi connectivity index (χ0n) is 4.48. The molecule has 2 heteroatoms. The zero-order valence-corrected chi connectivity index (χ0v) is 6.07. The van der Waals surface area contributed by atoms with Crippen LogP contribution >= 0.6 is 15.9 Å². The molecule has 0 radical (unpaired) electrons. The van der Waals surface area contributed by atoms with Crippen molar-refractivity contribution in [2.45, 2.75) is 19.3 Å². The molecule has 1 aliphatic carbocycles. The van der Waals surface area contributed by atoms with Gasteiger partial charge in [-0.2, -0.15) is 0 Å². The van der Waals surface area contributed by atoms with Crippen LogP contribution < -0.4 is 0 Å². The van der Waals surface area contributed by atoms with Gasteiger partial charge in [-0.05, 0) is 19.3 Å². The topological polar surface area (TPSA) is 17.1 Å². The van der Waals surface area contributed by atoms with E-state index in [4.69, 9.17) is 0 Å². The highest BCUT2D eigenvalue weighted by Gasteiger charge is 2.09. The number of aldehydes is 1. The molecule has 8 heavy (non-hydrogen) atoms. The van der Waals surface area contributed by atoms with Crippen molar-refractivity contribution in [3.8, 4) is 0 Å². The molecule has 0 saturated heterocycles. The van der Waals surface area contributed by atoms with Crippen LogP contribution in [0, 0.1) is 0 Å². The lowest BCUT2D eigenvalue weighted by Crippen LogP contribution is -1.76. The van der Waals surface area contributed by atoms with Crippen molar-refractivity contribution < 1.29 is 4.79 Å². The summed E-state index contributed by atoms with van der Waals surface area (Å²) in [6.07, 6.45) is 4.09. The molecule has 1 rings (SSSR count). The van der Waals surface area contributed by atoms with Crippen molar-refractivity contribution in [1.29, 1.82) is 0 Å². The Morgan fingerprint density at radius 1 is 1.50 bits per heavy atom. The Morgan fingerprint density at radius 3 is 2.50 bits per heavy atom. The van der Waals surface area contributed by atoms with E-state index < -0.39 is 0 Å². The number of hydrogen-bond donors (Lipinski definition) is 0. The first-order valence-corrected chi connectivity index (χ1v) is 3.46. The number of carbonyl (C=O) groups is 1. The van der Waals surface area contributed by atoms with Gasteiger partial charge in [0.1, 0.15) is 6.29 Å². The summed E-state index contributed by atoms with van der Waals surface area (Å²) in [4.78, 5) is 10.1. The SMILES string of the molecule is O=CC1=C(Br)CCC1. The van der Waals surface area contributed by atoms with Gasteiger partial charge in [-0.15, -0.1) is 0 Å². The van der Waals surface area contributed by atoms with Crippen LogP contribution in [0.4, 0.5) is 0 Å². The number of halogens is 1. The highest BCUT2D eigenvalue weighted by molar-refractivity contribution is 9.11. The molecular weight excluding hydrogens is 168 g/mol. The molecule has 44 valence electrons. The van der Waals surface area contributed by atoms with E-state index in [0.29, 0.717) is 0 Å². The standard InChI is InChI=1S/C6H7BrO/c7-6-3-1-2-5(6)4-8/h4H,1-3H2. The molecule has 0 unspecified atom stereocenters. The van der Waals surface area contributed by atoms with Crippen LogP contribution in [0.2, 0.25) is 0 Å². The third-order valence-electron chi connectivity index (χ3n) is 1.33. The van der Waals surface area contributed by atoms with Gasteiger partial charge in [-0.1, -0.05) is 15.9 Å². The Balaban J connectivity index is 2.72. The van der Waals surface area contributed by atoms with E-state index in [1.807, 2.05) is 0 Å². The van der Waals surface area contributed by atoms with Crippen molar-refractivity contribution in [3.05, 3.63) is 10.1 Å². The third-order valence-corrected chi connectivity index (χ3v) is 2.24. The lowest BCUT2D eigenvalue weighted by molar-refractivity contribution is -0.105. The summed E-state index contributed by atoms with van der Waals surface area (Å²) < 4.78 is 1.10. The first-order valence-electron chi connectivity index (χ1n) is 2.67. The molecule has 0 atom stereocenters. The fourth-order valence-corrected chi connectivity index (χ4v) is 1.43. The van der Waals surface area contributed by atoms with E-state index in [1.165, 1.54) is 0 Å². The molecule has 0 bridgehead atoms. The first kappa shape index (κ1) is 6.02. The summed E-state index contributed by atoms with van der Waals surface area (Å²) in [5.74, 6) is 0. The fraction of sp³-hybridized carbons (Fsp3) is 0.500. The molecule has 0 N–H and O–H groups in total. The number of rotatable bonds is 1. The lowest BCUT2D eigenvalue weighted by Gasteiger charge is -1.84. The number of hydrogen-bond acceptors (Lipinski definition) is 1. The summed E-state index contributed by atoms with van der Waals surface area (Å²) in [7, 11) is 0. The van der Waals surface area contributed by atoms with Gasteiger partial charge in [0.25, 0.3) is 0 Å². The monoisotopic (exact) mass is 174 g/mol. The second kappa shape index (κ2) is 2.44. The van der Waals surface area contributed by atoms with E-state index in [-0.39, 0.29) is 0 Å². The first-order chi connectivity index (χ1) is 3.84. The maximum atomic E-state index is 10.1. The molecule has 0 aromatic carbocycles. The number of allylic oxidation sites excluding steroid dienone is 2. The van der Waals surface area contributed by atoms with Crippen LogP contribution in [0.1, 0.15) is 19.3 Å². The van der Waals surface area contributed by atoms with Crippen LogP contribution in [0.25, 0.3) is 0 Å². The predicted molar refractivity (Wildman–Crippen MR) is 35.9 cm³/mol. The van der Waals surface area contributed by atoms with Gasteiger partial charge >= 0.3 is 0 Å². The summed E-state index contributed by atoms with van der Waals surface area (Å²) in [6, 6.07) is 0. The van der Waals surface area contributed by atoms with Gasteiger partial charge in [-0.3, -0.25) is 4.79 Å². The van der Waals surface area contributed by atoms with Crippen molar-refractivity contribution in [3.63, 3.8) is 0 Å². The Labute approximate surface area is 56.9 Å². The van der Waals surface area contributed by atoms with Gasteiger partial charge in [0.15, 0.2) is 0 Å². The molecule has 0 aliphatic heterocycles. The molecule has 0 fully saturated rings. The maximum absolute atomic E-state index is 10.1. The molecule has 0 aromatic rings. The maximum Gasteiger partial charge on any atom is 0.146 e. The normalized spacial score (nSPS) is 19.6. The summed E-state index contributed by atoms with van der Waals surface area (Å²) in [5, 5.41) is 0. The predicted octanol–water partition coefficient (Wildman–Crippen LogP) is 2.02. The molecule has 1 aliphatic rings. The number of carbonyl (C=O) groups excluding carboxylic acids is 1. The molecule has 0 amide bonds. The van der Waals surface area contributed by atoms with Gasteiger partial charge in [0, 0.05) is 10.1 Å². The Hall–Kier alpha value is -0.110. The van der Waals surface area contributed by atoms with Crippen LogP contribution in [-0.2, 0) is 4.79 Å². The van der Waals surface area contributed by atoms with Crippen LogP contribution in [-0.4, -0.2) is 6.29 Å². The van der Waals surface area contributed by atoms with Crippen LogP contribution in [0.15, 0.2) is 10.1 Å². The molecule has 1 nitrogen and oxygen atoms in total. The van der Waals surface area contributed by atoms with Gasteiger partial charge in [-0.25, -0.2) is 0 Å². The van der Waals surface area contributed by atoms with E-state index >= 15 is 0 Å².